The van der Waals surface area contributed by atoms with Crippen LogP contribution < -0.4 is 10.6 Å². The Bertz CT molecular complexity index is 822. The van der Waals surface area contributed by atoms with Gasteiger partial charge in [-0.2, -0.15) is 0 Å². The van der Waals surface area contributed by atoms with E-state index in [0.717, 1.165) is 36.0 Å². The van der Waals surface area contributed by atoms with Gasteiger partial charge in [-0.05, 0) is 61.1 Å². The van der Waals surface area contributed by atoms with Crippen LogP contribution in [-0.4, -0.2) is 12.1 Å². The summed E-state index contributed by atoms with van der Waals surface area (Å²) in [6.45, 7) is 2.75. The molecule has 2 amide bonds. The molecule has 2 aromatic carbocycles. The summed E-state index contributed by atoms with van der Waals surface area (Å²) < 4.78 is 0. The van der Waals surface area contributed by atoms with E-state index in [1.807, 2.05) is 24.3 Å². The number of benzene rings is 2. The lowest BCUT2D eigenvalue weighted by Crippen LogP contribution is -2.42. The highest BCUT2D eigenvalue weighted by Gasteiger charge is 2.15. The molecule has 2 N–H and O–H groups in total. The van der Waals surface area contributed by atoms with Gasteiger partial charge in [0.1, 0.15) is 0 Å². The Morgan fingerprint density at radius 1 is 0.897 bits per heavy atom. The molecule has 3 heteroatoms. The monoisotopic (exact) mass is 388 g/mol. The Balaban J connectivity index is 1.46. The van der Waals surface area contributed by atoms with E-state index in [4.69, 9.17) is 0 Å². The number of carbonyl (C=O) groups is 1. The maximum atomic E-state index is 12.0. The lowest BCUT2D eigenvalue weighted by molar-refractivity contribution is 0.232. The van der Waals surface area contributed by atoms with Gasteiger partial charge in [-0.3, -0.25) is 0 Å². The zero-order valence-corrected chi connectivity index (χ0v) is 17.5. The topological polar surface area (TPSA) is 41.1 Å². The molecule has 1 fully saturated rings. The van der Waals surface area contributed by atoms with Gasteiger partial charge in [-0.15, -0.1) is 0 Å². The predicted octanol–water partition coefficient (Wildman–Crippen LogP) is 5.56. The summed E-state index contributed by atoms with van der Waals surface area (Å²) in [5.41, 5.74) is 4.47. The van der Waals surface area contributed by atoms with Crippen molar-refractivity contribution >= 4 is 6.03 Å². The Kier molecular flexibility index (Phi) is 8.19. The summed E-state index contributed by atoms with van der Waals surface area (Å²) in [6.07, 6.45) is 9.52. The molecule has 152 valence electrons. The van der Waals surface area contributed by atoms with E-state index < -0.39 is 0 Å². The largest absolute Gasteiger partial charge is 0.335 e. The van der Waals surface area contributed by atoms with Gasteiger partial charge in [0.05, 0.1) is 0 Å². The van der Waals surface area contributed by atoms with Gasteiger partial charge < -0.3 is 10.6 Å². The van der Waals surface area contributed by atoms with Gasteiger partial charge in [-0.1, -0.05) is 68.7 Å². The molecule has 0 aromatic heterocycles. The van der Waals surface area contributed by atoms with E-state index in [1.54, 1.807) is 0 Å². The molecule has 3 rings (SSSR count). The highest BCUT2D eigenvalue weighted by molar-refractivity contribution is 5.74. The van der Waals surface area contributed by atoms with Crippen LogP contribution in [0, 0.1) is 11.8 Å². The van der Waals surface area contributed by atoms with Crippen LogP contribution >= 0.6 is 0 Å². The molecule has 0 aliphatic heterocycles. The molecule has 1 aliphatic rings. The predicted molar refractivity (Wildman–Crippen MR) is 120 cm³/mol. The number of aryl methyl sites for hydroxylation is 1. The molecule has 0 saturated heterocycles. The zero-order valence-electron chi connectivity index (χ0n) is 17.5. The summed E-state index contributed by atoms with van der Waals surface area (Å²) in [6, 6.07) is 16.9. The van der Waals surface area contributed by atoms with Crippen molar-refractivity contribution < 1.29 is 4.79 Å². The van der Waals surface area contributed by atoms with E-state index >= 15 is 0 Å². The quantitative estimate of drug-likeness (QED) is 0.625. The lowest BCUT2D eigenvalue weighted by atomic mass is 9.96. The highest BCUT2D eigenvalue weighted by Crippen LogP contribution is 2.17. The van der Waals surface area contributed by atoms with Gasteiger partial charge in [0.25, 0.3) is 0 Å². The van der Waals surface area contributed by atoms with Crippen LogP contribution in [0.3, 0.4) is 0 Å². The van der Waals surface area contributed by atoms with Crippen molar-refractivity contribution in [2.24, 2.45) is 0 Å². The number of nitrogens with one attached hydrogen (secondary N) is 2. The minimum absolute atomic E-state index is 0.0665. The van der Waals surface area contributed by atoms with Crippen molar-refractivity contribution in [3.8, 4) is 11.8 Å². The summed E-state index contributed by atoms with van der Waals surface area (Å²) in [4.78, 5) is 12.0. The van der Waals surface area contributed by atoms with Gasteiger partial charge in [0.15, 0.2) is 0 Å². The van der Waals surface area contributed by atoms with Crippen molar-refractivity contribution in [1.29, 1.82) is 0 Å². The Hall–Kier alpha value is -2.73. The SMILES string of the molecule is CCCCc1ccc(C#Cc2ccc(CNC(=O)NC3CCCCC3)cc2)cc1. The molecule has 2 aromatic rings. The Labute approximate surface area is 175 Å². The minimum Gasteiger partial charge on any atom is -0.335 e. The molecule has 1 saturated carbocycles. The first-order valence-electron chi connectivity index (χ1n) is 11.0. The van der Waals surface area contributed by atoms with E-state index in [1.165, 1.54) is 37.7 Å². The van der Waals surface area contributed by atoms with E-state index in [2.05, 4.69) is 53.7 Å². The average molecular weight is 389 g/mol. The number of hydrogen-bond donors (Lipinski definition) is 2. The van der Waals surface area contributed by atoms with Crippen LogP contribution in [0.1, 0.15) is 74.1 Å². The van der Waals surface area contributed by atoms with E-state index in [-0.39, 0.29) is 6.03 Å². The number of amides is 2. The number of rotatable bonds is 6. The number of hydrogen-bond acceptors (Lipinski definition) is 1. The molecule has 29 heavy (non-hydrogen) atoms. The fourth-order valence-electron chi connectivity index (χ4n) is 3.65. The first-order valence-corrected chi connectivity index (χ1v) is 11.0. The van der Waals surface area contributed by atoms with Crippen LogP contribution in [0.5, 0.6) is 0 Å². The van der Waals surface area contributed by atoms with Crippen molar-refractivity contribution in [2.45, 2.75) is 70.9 Å². The van der Waals surface area contributed by atoms with Crippen LogP contribution in [0.25, 0.3) is 0 Å². The second-order valence-corrected chi connectivity index (χ2v) is 7.91. The van der Waals surface area contributed by atoms with Gasteiger partial charge >= 0.3 is 6.03 Å². The van der Waals surface area contributed by atoms with Crippen molar-refractivity contribution in [1.82, 2.24) is 10.6 Å². The Morgan fingerprint density at radius 2 is 1.48 bits per heavy atom. The van der Waals surface area contributed by atoms with Crippen LogP contribution in [0.15, 0.2) is 48.5 Å². The zero-order chi connectivity index (χ0) is 20.3. The molecule has 0 radical (unpaired) electrons. The summed E-state index contributed by atoms with van der Waals surface area (Å²) in [5.74, 6) is 6.45. The van der Waals surface area contributed by atoms with Gasteiger partial charge in [0.2, 0.25) is 0 Å². The number of unbranched alkanes of at least 4 members (excludes halogenated alkanes) is 1. The number of carbonyl (C=O) groups excluding carboxylic acids is 1. The lowest BCUT2D eigenvalue weighted by Gasteiger charge is -2.22. The maximum absolute atomic E-state index is 12.0. The standard InChI is InChI=1S/C26H32N2O/c1-2-3-7-21-10-12-22(13-11-21)14-15-23-16-18-24(19-17-23)20-27-26(29)28-25-8-5-4-6-9-25/h10-13,16-19,25H,2-9,20H2,1H3,(H2,27,28,29). The molecule has 3 nitrogen and oxygen atoms in total. The van der Waals surface area contributed by atoms with Crippen LogP contribution in [-0.2, 0) is 13.0 Å². The molecule has 0 heterocycles. The first-order chi connectivity index (χ1) is 14.2. The van der Waals surface area contributed by atoms with Crippen LogP contribution in [0.4, 0.5) is 4.79 Å². The van der Waals surface area contributed by atoms with Gasteiger partial charge in [0, 0.05) is 23.7 Å². The van der Waals surface area contributed by atoms with E-state index in [9.17, 15) is 4.79 Å². The normalized spacial score (nSPS) is 14.0. The van der Waals surface area contributed by atoms with Crippen molar-refractivity contribution in [3.05, 3.63) is 70.8 Å². The van der Waals surface area contributed by atoms with E-state index in [0.29, 0.717) is 12.6 Å². The van der Waals surface area contributed by atoms with Crippen molar-refractivity contribution in [3.63, 3.8) is 0 Å². The molecular weight excluding hydrogens is 356 g/mol. The summed E-state index contributed by atoms with van der Waals surface area (Å²) >= 11 is 0. The number of urea groups is 1. The average Bonchev–Trinajstić information content (AvgIpc) is 2.77. The third-order valence-corrected chi connectivity index (χ3v) is 5.47. The highest BCUT2D eigenvalue weighted by atomic mass is 16.2. The maximum Gasteiger partial charge on any atom is 0.315 e. The first kappa shape index (κ1) is 21.0. The van der Waals surface area contributed by atoms with Crippen LogP contribution in [0.2, 0.25) is 0 Å². The second-order valence-electron chi connectivity index (χ2n) is 7.91. The van der Waals surface area contributed by atoms with Crippen molar-refractivity contribution in [2.75, 3.05) is 0 Å². The molecular formula is C26H32N2O. The Morgan fingerprint density at radius 3 is 2.07 bits per heavy atom. The van der Waals surface area contributed by atoms with Gasteiger partial charge in [-0.25, -0.2) is 4.79 Å². The summed E-state index contributed by atoms with van der Waals surface area (Å²) in [5, 5.41) is 6.04. The molecule has 0 spiro atoms. The third kappa shape index (κ3) is 7.31. The fraction of sp³-hybridized carbons (Fsp3) is 0.423. The molecule has 0 unspecified atom stereocenters. The molecule has 0 atom stereocenters. The minimum atomic E-state index is -0.0665. The smallest absolute Gasteiger partial charge is 0.315 e. The second kappa shape index (κ2) is 11.3. The summed E-state index contributed by atoms with van der Waals surface area (Å²) in [7, 11) is 0. The fourth-order valence-corrected chi connectivity index (χ4v) is 3.65. The third-order valence-electron chi connectivity index (χ3n) is 5.47. The molecule has 1 aliphatic carbocycles. The molecule has 0 bridgehead atoms.